The van der Waals surface area contributed by atoms with Crippen molar-refractivity contribution in [2.75, 3.05) is 10.6 Å². The van der Waals surface area contributed by atoms with Crippen molar-refractivity contribution in [2.24, 2.45) is 5.73 Å². The van der Waals surface area contributed by atoms with E-state index in [-0.39, 0.29) is 17.9 Å². The second-order valence-corrected chi connectivity index (χ2v) is 6.86. The van der Waals surface area contributed by atoms with Crippen LogP contribution in [0.3, 0.4) is 0 Å². The van der Waals surface area contributed by atoms with E-state index in [0.717, 1.165) is 0 Å². The highest BCUT2D eigenvalue weighted by atomic mass is 32.1. The van der Waals surface area contributed by atoms with Gasteiger partial charge in [0.2, 0.25) is 11.8 Å². The molecule has 0 spiro atoms. The monoisotopic (exact) mass is 411 g/mol. The number of H-pyrrole nitrogens is 1. The van der Waals surface area contributed by atoms with Crippen molar-refractivity contribution in [1.82, 2.24) is 9.97 Å². The number of aromatic amines is 1. The molecule has 148 valence electrons. The van der Waals surface area contributed by atoms with Crippen molar-refractivity contribution in [3.05, 3.63) is 75.1 Å². The Morgan fingerprint density at radius 3 is 2.55 bits per heavy atom. The number of nitrogens with zero attached hydrogens (tertiary/aromatic N) is 1. The molecule has 0 fully saturated rings. The van der Waals surface area contributed by atoms with E-state index < -0.39 is 17.4 Å². The molecule has 0 unspecified atom stereocenters. The Balaban J connectivity index is 1.51. The van der Waals surface area contributed by atoms with E-state index in [9.17, 15) is 19.2 Å². The van der Waals surface area contributed by atoms with Crippen molar-refractivity contribution < 1.29 is 14.4 Å². The predicted molar refractivity (Wildman–Crippen MR) is 109 cm³/mol. The van der Waals surface area contributed by atoms with Gasteiger partial charge in [-0.3, -0.25) is 24.5 Å². The molecule has 3 rings (SSSR count). The van der Waals surface area contributed by atoms with Gasteiger partial charge in [-0.25, -0.2) is 4.98 Å². The number of carbonyl (C=O) groups is 3. The highest BCUT2D eigenvalue weighted by Crippen LogP contribution is 2.17. The summed E-state index contributed by atoms with van der Waals surface area (Å²) in [5, 5.41) is 7.37. The molecule has 29 heavy (non-hydrogen) atoms. The number of pyridine rings is 1. The van der Waals surface area contributed by atoms with Gasteiger partial charge in [0, 0.05) is 29.2 Å². The van der Waals surface area contributed by atoms with Crippen molar-refractivity contribution >= 4 is 39.9 Å². The zero-order valence-electron chi connectivity index (χ0n) is 15.1. The number of nitrogens with two attached hydrogens (primary N) is 1. The lowest BCUT2D eigenvalue weighted by Gasteiger charge is -2.05. The molecule has 3 aromatic rings. The molecule has 0 aliphatic carbocycles. The highest BCUT2D eigenvalue weighted by Gasteiger charge is 2.13. The van der Waals surface area contributed by atoms with Gasteiger partial charge in [-0.15, -0.1) is 11.3 Å². The Morgan fingerprint density at radius 2 is 1.86 bits per heavy atom. The number of anilines is 2. The maximum absolute atomic E-state index is 12.1. The van der Waals surface area contributed by atoms with Gasteiger partial charge in [0.15, 0.2) is 5.13 Å². The maximum Gasteiger partial charge on any atom is 0.263 e. The standard InChI is InChI=1S/C19H17N5O4S/c20-16(26)11-3-5-12(6-4-11)22-15(25)8-7-13-10-29-19(23-13)24-18(28)14-2-1-9-21-17(14)27/h1-6,9-10H,7-8H2,(H2,20,26)(H,21,27)(H,22,25)(H,23,24,28). The van der Waals surface area contributed by atoms with Gasteiger partial charge in [-0.2, -0.15) is 0 Å². The predicted octanol–water partition coefficient (Wildman–Crippen LogP) is 1.75. The minimum absolute atomic E-state index is 0.00835. The summed E-state index contributed by atoms with van der Waals surface area (Å²) in [7, 11) is 0. The van der Waals surface area contributed by atoms with Gasteiger partial charge >= 0.3 is 0 Å². The molecule has 0 radical (unpaired) electrons. The van der Waals surface area contributed by atoms with Crippen LogP contribution in [0.25, 0.3) is 0 Å². The fourth-order valence-corrected chi connectivity index (χ4v) is 3.17. The number of thiazole rings is 1. The van der Waals surface area contributed by atoms with Crippen molar-refractivity contribution in [3.8, 4) is 0 Å². The van der Waals surface area contributed by atoms with Crippen molar-refractivity contribution in [2.45, 2.75) is 12.8 Å². The molecular formula is C19H17N5O4S. The molecule has 0 bridgehead atoms. The molecule has 0 atom stereocenters. The molecular weight excluding hydrogens is 394 g/mol. The smallest absolute Gasteiger partial charge is 0.263 e. The summed E-state index contributed by atoms with van der Waals surface area (Å²) in [5.74, 6) is -1.30. The quantitative estimate of drug-likeness (QED) is 0.468. The first-order chi connectivity index (χ1) is 13.9. The van der Waals surface area contributed by atoms with E-state index in [1.54, 1.807) is 23.6 Å². The average Bonchev–Trinajstić information content (AvgIpc) is 3.14. The zero-order chi connectivity index (χ0) is 20.8. The Bertz CT molecular complexity index is 1100. The van der Waals surface area contributed by atoms with Gasteiger partial charge in [0.05, 0.1) is 5.69 Å². The molecule has 0 aliphatic rings. The van der Waals surface area contributed by atoms with Crippen LogP contribution in [0, 0.1) is 0 Å². The summed E-state index contributed by atoms with van der Waals surface area (Å²) in [5.41, 5.74) is 6.24. The van der Waals surface area contributed by atoms with E-state index in [1.807, 2.05) is 0 Å². The first-order valence-corrected chi connectivity index (χ1v) is 9.43. The number of rotatable bonds is 7. The van der Waals surface area contributed by atoms with Crippen LogP contribution in [-0.4, -0.2) is 27.7 Å². The number of nitrogens with one attached hydrogen (secondary N) is 3. The molecule has 3 amide bonds. The van der Waals surface area contributed by atoms with E-state index in [2.05, 4.69) is 20.6 Å². The lowest BCUT2D eigenvalue weighted by Crippen LogP contribution is -2.22. The minimum atomic E-state index is -0.551. The van der Waals surface area contributed by atoms with E-state index in [4.69, 9.17) is 5.73 Å². The molecule has 2 aromatic heterocycles. The van der Waals surface area contributed by atoms with E-state index >= 15 is 0 Å². The Morgan fingerprint density at radius 1 is 1.10 bits per heavy atom. The van der Waals surface area contributed by atoms with Crippen LogP contribution in [0.2, 0.25) is 0 Å². The van der Waals surface area contributed by atoms with Crippen LogP contribution in [0.4, 0.5) is 10.8 Å². The average molecular weight is 411 g/mol. The van der Waals surface area contributed by atoms with Crippen LogP contribution >= 0.6 is 11.3 Å². The number of hydrogen-bond acceptors (Lipinski definition) is 6. The number of aromatic nitrogens is 2. The van der Waals surface area contributed by atoms with E-state index in [1.165, 1.54) is 35.7 Å². The van der Waals surface area contributed by atoms with Crippen LogP contribution in [-0.2, 0) is 11.2 Å². The highest BCUT2D eigenvalue weighted by molar-refractivity contribution is 7.14. The zero-order valence-corrected chi connectivity index (χ0v) is 15.9. The number of hydrogen-bond donors (Lipinski definition) is 4. The maximum atomic E-state index is 12.1. The molecule has 0 saturated heterocycles. The number of aryl methyl sites for hydroxylation is 1. The van der Waals surface area contributed by atoms with Gasteiger partial charge in [-0.05, 0) is 42.8 Å². The summed E-state index contributed by atoms with van der Waals surface area (Å²) in [6, 6.07) is 9.24. The second-order valence-electron chi connectivity index (χ2n) is 6.00. The fraction of sp³-hybridized carbons (Fsp3) is 0.105. The Hall–Kier alpha value is -3.79. The van der Waals surface area contributed by atoms with Gasteiger partial charge in [0.25, 0.3) is 11.5 Å². The van der Waals surface area contributed by atoms with Gasteiger partial charge in [0.1, 0.15) is 5.56 Å². The summed E-state index contributed by atoms with van der Waals surface area (Å²) < 4.78 is 0. The van der Waals surface area contributed by atoms with E-state index in [0.29, 0.717) is 28.5 Å². The number of amides is 3. The lowest BCUT2D eigenvalue weighted by molar-refractivity contribution is -0.116. The molecule has 2 heterocycles. The Kier molecular flexibility index (Phi) is 6.15. The van der Waals surface area contributed by atoms with Crippen LogP contribution < -0.4 is 21.9 Å². The third kappa shape index (κ3) is 5.36. The summed E-state index contributed by atoms with van der Waals surface area (Å²) in [4.78, 5) is 53.6. The number of carbonyl (C=O) groups excluding carboxylic acids is 3. The number of benzene rings is 1. The molecule has 0 aliphatic heterocycles. The minimum Gasteiger partial charge on any atom is -0.366 e. The van der Waals surface area contributed by atoms with Crippen LogP contribution in [0.1, 0.15) is 32.8 Å². The number of primary amides is 1. The lowest BCUT2D eigenvalue weighted by atomic mass is 10.2. The third-order valence-electron chi connectivity index (χ3n) is 3.90. The van der Waals surface area contributed by atoms with Crippen molar-refractivity contribution in [1.29, 1.82) is 0 Å². The van der Waals surface area contributed by atoms with Crippen LogP contribution in [0.5, 0.6) is 0 Å². The van der Waals surface area contributed by atoms with Crippen molar-refractivity contribution in [3.63, 3.8) is 0 Å². The molecule has 1 aromatic carbocycles. The fourth-order valence-electron chi connectivity index (χ4n) is 2.43. The first-order valence-electron chi connectivity index (χ1n) is 8.55. The second kappa shape index (κ2) is 8.93. The SMILES string of the molecule is NC(=O)c1ccc(NC(=O)CCc2csc(NC(=O)c3ccc[nH]c3=O)n2)cc1. The van der Waals surface area contributed by atoms with Gasteiger partial charge < -0.3 is 16.0 Å². The Labute approximate surface area is 169 Å². The summed E-state index contributed by atoms with van der Waals surface area (Å²) in [6.45, 7) is 0. The van der Waals surface area contributed by atoms with Gasteiger partial charge in [-0.1, -0.05) is 0 Å². The normalized spacial score (nSPS) is 10.3. The molecule has 9 nitrogen and oxygen atoms in total. The largest absolute Gasteiger partial charge is 0.366 e. The first kappa shape index (κ1) is 20.0. The molecule has 0 saturated carbocycles. The summed E-state index contributed by atoms with van der Waals surface area (Å²) >= 11 is 1.21. The molecule has 10 heteroatoms. The molecule has 5 N–H and O–H groups in total. The summed E-state index contributed by atoms with van der Waals surface area (Å²) in [6.07, 6.45) is 2.01. The topological polar surface area (TPSA) is 147 Å². The third-order valence-corrected chi connectivity index (χ3v) is 4.70. The van der Waals surface area contributed by atoms with Crippen LogP contribution in [0.15, 0.2) is 52.8 Å².